The van der Waals surface area contributed by atoms with Crippen LogP contribution in [0.1, 0.15) is 22.4 Å². The highest BCUT2D eigenvalue weighted by atomic mass is 15.3. The molecule has 1 aromatic heterocycles. The lowest BCUT2D eigenvalue weighted by Crippen LogP contribution is -2.06. The fourth-order valence-electron chi connectivity index (χ4n) is 1.81. The topological polar surface area (TPSA) is 17.8 Å². The summed E-state index contributed by atoms with van der Waals surface area (Å²) in [6.45, 7) is 7.26. The molecule has 2 nitrogen and oxygen atoms in total. The molecule has 0 radical (unpaired) electrons. The number of hydrogen-bond acceptors (Lipinski definition) is 1. The molecule has 78 valence electrons. The monoisotopic (exact) mass is 200 g/mol. The maximum Gasteiger partial charge on any atom is 0.0667 e. The minimum Gasteiger partial charge on any atom is -0.265 e. The van der Waals surface area contributed by atoms with Gasteiger partial charge in [-0.05, 0) is 43.5 Å². The number of nitrogens with zero attached hydrogens (tertiary/aromatic N) is 2. The first-order valence-electron chi connectivity index (χ1n) is 5.22. The van der Waals surface area contributed by atoms with Crippen LogP contribution in [0.15, 0.2) is 30.5 Å². The smallest absolute Gasteiger partial charge is 0.0667 e. The molecule has 0 N–H and O–H groups in total. The number of aromatic nitrogens is 2. The van der Waals surface area contributed by atoms with E-state index in [0.717, 1.165) is 6.54 Å². The highest BCUT2D eigenvalue weighted by Gasteiger charge is 2.04. The van der Waals surface area contributed by atoms with Crippen LogP contribution in [0.3, 0.4) is 0 Å². The average molecular weight is 200 g/mol. The summed E-state index contributed by atoms with van der Waals surface area (Å²) in [5.74, 6) is 0. The van der Waals surface area contributed by atoms with E-state index in [1.807, 2.05) is 16.9 Å². The van der Waals surface area contributed by atoms with Gasteiger partial charge in [0.05, 0.1) is 6.54 Å². The fraction of sp³-hybridized carbons (Fsp3) is 0.308. The van der Waals surface area contributed by atoms with E-state index in [1.165, 1.54) is 22.4 Å². The Morgan fingerprint density at radius 1 is 1.07 bits per heavy atom. The molecule has 15 heavy (non-hydrogen) atoms. The van der Waals surface area contributed by atoms with Crippen LogP contribution in [0.5, 0.6) is 0 Å². The van der Waals surface area contributed by atoms with Crippen molar-refractivity contribution in [2.45, 2.75) is 27.3 Å². The Kier molecular flexibility index (Phi) is 2.58. The van der Waals surface area contributed by atoms with Crippen LogP contribution >= 0.6 is 0 Å². The largest absolute Gasteiger partial charge is 0.265 e. The maximum absolute atomic E-state index is 4.31. The third-order valence-corrected chi connectivity index (χ3v) is 2.88. The van der Waals surface area contributed by atoms with Gasteiger partial charge >= 0.3 is 0 Å². The maximum atomic E-state index is 4.31. The van der Waals surface area contributed by atoms with Crippen LogP contribution in [0.25, 0.3) is 0 Å². The molecular weight excluding hydrogens is 184 g/mol. The fourth-order valence-corrected chi connectivity index (χ4v) is 1.81. The van der Waals surface area contributed by atoms with Crippen LogP contribution < -0.4 is 0 Å². The van der Waals surface area contributed by atoms with E-state index >= 15 is 0 Å². The second-order valence-corrected chi connectivity index (χ2v) is 4.00. The van der Waals surface area contributed by atoms with Crippen molar-refractivity contribution >= 4 is 0 Å². The number of hydrogen-bond donors (Lipinski definition) is 0. The highest BCUT2D eigenvalue weighted by molar-refractivity contribution is 5.33. The summed E-state index contributed by atoms with van der Waals surface area (Å²) in [6.07, 6.45) is 1.85. The van der Waals surface area contributed by atoms with Gasteiger partial charge in [-0.3, -0.25) is 4.68 Å². The summed E-state index contributed by atoms with van der Waals surface area (Å²) in [5, 5.41) is 4.31. The molecule has 0 unspecified atom stereocenters. The summed E-state index contributed by atoms with van der Waals surface area (Å²) in [5.41, 5.74) is 5.26. The van der Waals surface area contributed by atoms with Crippen LogP contribution in [-0.4, -0.2) is 9.78 Å². The molecule has 0 saturated heterocycles. The lowest BCUT2D eigenvalue weighted by Gasteiger charge is -2.10. The third-order valence-electron chi connectivity index (χ3n) is 2.88. The SMILES string of the molecule is Cc1cccc(C)c1Cn1nccc1C. The van der Waals surface area contributed by atoms with Crippen molar-refractivity contribution in [3.8, 4) is 0 Å². The first-order chi connectivity index (χ1) is 7.18. The standard InChI is InChI=1S/C13H16N2/c1-10-5-4-6-11(2)13(10)9-15-12(3)7-8-14-15/h4-8H,9H2,1-3H3. The first-order valence-corrected chi connectivity index (χ1v) is 5.22. The molecule has 0 fully saturated rings. The van der Waals surface area contributed by atoms with Crippen LogP contribution in [0, 0.1) is 20.8 Å². The molecule has 0 aliphatic rings. The molecule has 0 atom stereocenters. The molecule has 0 spiro atoms. The first kappa shape index (κ1) is 9.97. The zero-order chi connectivity index (χ0) is 10.8. The predicted octanol–water partition coefficient (Wildman–Crippen LogP) is 2.86. The number of rotatable bonds is 2. The molecule has 0 aliphatic heterocycles. The Morgan fingerprint density at radius 3 is 2.27 bits per heavy atom. The van der Waals surface area contributed by atoms with Crippen molar-refractivity contribution in [2.24, 2.45) is 0 Å². The van der Waals surface area contributed by atoms with Gasteiger partial charge in [0, 0.05) is 11.9 Å². The van der Waals surface area contributed by atoms with Gasteiger partial charge in [-0.15, -0.1) is 0 Å². The Labute approximate surface area is 90.6 Å². The molecule has 2 rings (SSSR count). The molecule has 0 bridgehead atoms. The van der Waals surface area contributed by atoms with E-state index < -0.39 is 0 Å². The van der Waals surface area contributed by atoms with Gasteiger partial charge in [-0.2, -0.15) is 5.10 Å². The normalized spacial score (nSPS) is 10.6. The third kappa shape index (κ3) is 1.94. The van der Waals surface area contributed by atoms with Crippen molar-refractivity contribution in [3.05, 3.63) is 52.8 Å². The Bertz CT molecular complexity index is 449. The molecule has 0 aliphatic carbocycles. The molecule has 2 heteroatoms. The van der Waals surface area contributed by atoms with Crippen molar-refractivity contribution in [1.82, 2.24) is 9.78 Å². The molecule has 2 aromatic rings. The number of aryl methyl sites for hydroxylation is 3. The molecule has 0 amide bonds. The van der Waals surface area contributed by atoms with Gasteiger partial charge in [-0.1, -0.05) is 18.2 Å². The number of benzene rings is 1. The van der Waals surface area contributed by atoms with Gasteiger partial charge in [-0.25, -0.2) is 0 Å². The second-order valence-electron chi connectivity index (χ2n) is 4.00. The minimum atomic E-state index is 0.872. The van der Waals surface area contributed by atoms with Gasteiger partial charge < -0.3 is 0 Å². The summed E-state index contributed by atoms with van der Waals surface area (Å²) < 4.78 is 2.04. The van der Waals surface area contributed by atoms with Gasteiger partial charge in [0.2, 0.25) is 0 Å². The van der Waals surface area contributed by atoms with Gasteiger partial charge in [0.15, 0.2) is 0 Å². The van der Waals surface area contributed by atoms with E-state index in [-0.39, 0.29) is 0 Å². The minimum absolute atomic E-state index is 0.872. The van der Waals surface area contributed by atoms with E-state index in [2.05, 4.69) is 44.1 Å². The van der Waals surface area contributed by atoms with Crippen molar-refractivity contribution in [3.63, 3.8) is 0 Å². The zero-order valence-electron chi connectivity index (χ0n) is 9.49. The lowest BCUT2D eigenvalue weighted by molar-refractivity contribution is 0.660. The summed E-state index contributed by atoms with van der Waals surface area (Å²) in [4.78, 5) is 0. The van der Waals surface area contributed by atoms with Crippen LogP contribution in [0.2, 0.25) is 0 Å². The quantitative estimate of drug-likeness (QED) is 0.729. The van der Waals surface area contributed by atoms with Gasteiger partial charge in [0.25, 0.3) is 0 Å². The average Bonchev–Trinajstić information content (AvgIpc) is 2.58. The van der Waals surface area contributed by atoms with Crippen molar-refractivity contribution in [1.29, 1.82) is 0 Å². The van der Waals surface area contributed by atoms with E-state index in [1.54, 1.807) is 0 Å². The Morgan fingerprint density at radius 2 is 1.73 bits per heavy atom. The zero-order valence-corrected chi connectivity index (χ0v) is 9.49. The summed E-state index contributed by atoms with van der Waals surface area (Å²) >= 11 is 0. The van der Waals surface area contributed by atoms with Crippen molar-refractivity contribution in [2.75, 3.05) is 0 Å². The molecule has 0 saturated carbocycles. The lowest BCUT2D eigenvalue weighted by atomic mass is 10.0. The molecule has 1 aromatic carbocycles. The van der Waals surface area contributed by atoms with Crippen LogP contribution in [0.4, 0.5) is 0 Å². The Hall–Kier alpha value is -1.57. The van der Waals surface area contributed by atoms with E-state index in [0.29, 0.717) is 0 Å². The highest BCUT2D eigenvalue weighted by Crippen LogP contribution is 2.15. The predicted molar refractivity (Wildman–Crippen MR) is 62.0 cm³/mol. The molecule has 1 heterocycles. The Balaban J connectivity index is 2.36. The summed E-state index contributed by atoms with van der Waals surface area (Å²) in [6, 6.07) is 8.44. The van der Waals surface area contributed by atoms with E-state index in [9.17, 15) is 0 Å². The van der Waals surface area contributed by atoms with Crippen LogP contribution in [-0.2, 0) is 6.54 Å². The molecular formula is C13H16N2. The van der Waals surface area contributed by atoms with Gasteiger partial charge in [0.1, 0.15) is 0 Å². The summed E-state index contributed by atoms with van der Waals surface area (Å²) in [7, 11) is 0. The van der Waals surface area contributed by atoms with E-state index in [4.69, 9.17) is 0 Å². The van der Waals surface area contributed by atoms with Crippen molar-refractivity contribution < 1.29 is 0 Å². The second kappa shape index (κ2) is 3.89.